The van der Waals surface area contributed by atoms with Crippen molar-refractivity contribution in [2.24, 2.45) is 0 Å². The van der Waals surface area contributed by atoms with Gasteiger partial charge in [-0.1, -0.05) is 42.5 Å². The van der Waals surface area contributed by atoms with Gasteiger partial charge in [0.05, 0.1) is 19.6 Å². The number of methoxy groups -OCH3 is 1. The molecule has 0 spiro atoms. The second-order valence-corrected chi connectivity index (χ2v) is 6.57. The van der Waals surface area contributed by atoms with E-state index in [9.17, 15) is 9.59 Å². The first-order valence-corrected chi connectivity index (χ1v) is 8.88. The Hall–Kier alpha value is -2.82. The standard InChI is InChI=1S/C21H24N2O3/c1-26-19-9-7-16(8-10-19)11-12-23-15-18(14-21(23)25)22-20(24)13-17-5-3-2-4-6-17/h2-10,18H,11-15H2,1H3,(H,22,24)/t18-/m0/s1. The summed E-state index contributed by atoms with van der Waals surface area (Å²) in [6.45, 7) is 1.24. The normalized spacial score (nSPS) is 16.6. The van der Waals surface area contributed by atoms with Crippen LogP contribution in [-0.2, 0) is 22.4 Å². The number of hydrogen-bond acceptors (Lipinski definition) is 3. The van der Waals surface area contributed by atoms with Crippen LogP contribution in [-0.4, -0.2) is 43.0 Å². The highest BCUT2D eigenvalue weighted by molar-refractivity contribution is 5.83. The molecule has 1 saturated heterocycles. The number of hydrogen-bond donors (Lipinski definition) is 1. The number of nitrogens with zero attached hydrogens (tertiary/aromatic N) is 1. The molecule has 1 fully saturated rings. The highest BCUT2D eigenvalue weighted by Gasteiger charge is 2.30. The molecule has 1 aliphatic heterocycles. The zero-order valence-electron chi connectivity index (χ0n) is 15.0. The summed E-state index contributed by atoms with van der Waals surface area (Å²) in [4.78, 5) is 26.2. The third-order valence-electron chi connectivity index (χ3n) is 4.62. The lowest BCUT2D eigenvalue weighted by atomic mass is 10.1. The maximum atomic E-state index is 12.2. The van der Waals surface area contributed by atoms with Crippen LogP contribution < -0.4 is 10.1 Å². The maximum absolute atomic E-state index is 12.2. The quantitative estimate of drug-likeness (QED) is 0.831. The zero-order valence-corrected chi connectivity index (χ0v) is 15.0. The van der Waals surface area contributed by atoms with Gasteiger partial charge in [-0.15, -0.1) is 0 Å². The summed E-state index contributed by atoms with van der Waals surface area (Å²) in [5.74, 6) is 0.890. The van der Waals surface area contributed by atoms with Crippen LogP contribution in [0.1, 0.15) is 17.5 Å². The average molecular weight is 352 g/mol. The molecule has 2 aromatic rings. The lowest BCUT2D eigenvalue weighted by Gasteiger charge is -2.17. The van der Waals surface area contributed by atoms with Crippen molar-refractivity contribution in [2.45, 2.75) is 25.3 Å². The van der Waals surface area contributed by atoms with Crippen LogP contribution in [0.15, 0.2) is 54.6 Å². The highest BCUT2D eigenvalue weighted by atomic mass is 16.5. The lowest BCUT2D eigenvalue weighted by Crippen LogP contribution is -2.38. The second-order valence-electron chi connectivity index (χ2n) is 6.57. The number of likely N-dealkylation sites (tertiary alicyclic amines) is 1. The predicted octanol–water partition coefficient (Wildman–Crippen LogP) is 2.20. The van der Waals surface area contributed by atoms with E-state index in [1.807, 2.05) is 59.5 Å². The number of rotatable bonds is 7. The maximum Gasteiger partial charge on any atom is 0.224 e. The third kappa shape index (κ3) is 4.85. The predicted molar refractivity (Wildman–Crippen MR) is 100.0 cm³/mol. The Labute approximate surface area is 154 Å². The van der Waals surface area contributed by atoms with Gasteiger partial charge in [0.2, 0.25) is 11.8 Å². The average Bonchev–Trinajstić information content (AvgIpc) is 3.00. The number of carbonyl (C=O) groups is 2. The van der Waals surface area contributed by atoms with Crippen molar-refractivity contribution >= 4 is 11.8 Å². The van der Waals surface area contributed by atoms with Crippen molar-refractivity contribution in [3.8, 4) is 5.75 Å². The Morgan fingerprint density at radius 3 is 2.54 bits per heavy atom. The monoisotopic (exact) mass is 352 g/mol. The molecule has 2 amide bonds. The first-order valence-electron chi connectivity index (χ1n) is 8.88. The molecular formula is C21H24N2O3. The van der Waals surface area contributed by atoms with Gasteiger partial charge >= 0.3 is 0 Å². The van der Waals surface area contributed by atoms with E-state index in [1.54, 1.807) is 7.11 Å². The number of amides is 2. The molecule has 136 valence electrons. The summed E-state index contributed by atoms with van der Waals surface area (Å²) in [6, 6.07) is 17.4. The Bertz CT molecular complexity index is 744. The first kappa shape index (κ1) is 18.0. The zero-order chi connectivity index (χ0) is 18.4. The minimum absolute atomic E-state index is 0.0361. The van der Waals surface area contributed by atoms with E-state index < -0.39 is 0 Å². The largest absolute Gasteiger partial charge is 0.497 e. The summed E-state index contributed by atoms with van der Waals surface area (Å²) >= 11 is 0. The van der Waals surface area contributed by atoms with Crippen LogP contribution in [0.4, 0.5) is 0 Å². The van der Waals surface area contributed by atoms with E-state index in [-0.39, 0.29) is 17.9 Å². The molecule has 5 nitrogen and oxygen atoms in total. The molecule has 1 N–H and O–H groups in total. The molecule has 0 radical (unpaired) electrons. The highest BCUT2D eigenvalue weighted by Crippen LogP contribution is 2.15. The van der Waals surface area contributed by atoms with Crippen LogP contribution >= 0.6 is 0 Å². The molecule has 1 heterocycles. The van der Waals surface area contributed by atoms with Gasteiger partial charge in [-0.25, -0.2) is 0 Å². The summed E-state index contributed by atoms with van der Waals surface area (Å²) in [5, 5.41) is 2.98. The van der Waals surface area contributed by atoms with E-state index >= 15 is 0 Å². The molecule has 3 rings (SSSR count). The summed E-state index contributed by atoms with van der Waals surface area (Å²) in [5.41, 5.74) is 2.14. The second kappa shape index (κ2) is 8.52. The molecule has 1 atom stereocenters. The Morgan fingerprint density at radius 2 is 1.85 bits per heavy atom. The van der Waals surface area contributed by atoms with Gasteiger partial charge in [-0.05, 0) is 29.7 Å². The van der Waals surface area contributed by atoms with E-state index in [0.29, 0.717) is 25.9 Å². The number of benzene rings is 2. The van der Waals surface area contributed by atoms with Crippen LogP contribution in [0.5, 0.6) is 5.75 Å². The van der Waals surface area contributed by atoms with Crippen molar-refractivity contribution < 1.29 is 14.3 Å². The van der Waals surface area contributed by atoms with Gasteiger partial charge < -0.3 is 15.0 Å². The lowest BCUT2D eigenvalue weighted by molar-refractivity contribution is -0.127. The van der Waals surface area contributed by atoms with E-state index in [0.717, 1.165) is 23.3 Å². The van der Waals surface area contributed by atoms with Gasteiger partial charge in [0.15, 0.2) is 0 Å². The van der Waals surface area contributed by atoms with Gasteiger partial charge in [0, 0.05) is 19.5 Å². The van der Waals surface area contributed by atoms with Crippen molar-refractivity contribution in [1.29, 1.82) is 0 Å². The SMILES string of the molecule is COc1ccc(CCN2C[C@@H](NC(=O)Cc3ccccc3)CC2=O)cc1. The Morgan fingerprint density at radius 1 is 1.12 bits per heavy atom. The van der Waals surface area contributed by atoms with Crippen LogP contribution in [0, 0.1) is 0 Å². The fourth-order valence-corrected chi connectivity index (χ4v) is 3.20. The summed E-state index contributed by atoms with van der Waals surface area (Å²) < 4.78 is 5.15. The first-order chi connectivity index (χ1) is 12.6. The fraction of sp³-hybridized carbons (Fsp3) is 0.333. The van der Waals surface area contributed by atoms with Gasteiger partial charge in [-0.3, -0.25) is 9.59 Å². The van der Waals surface area contributed by atoms with Crippen molar-refractivity contribution in [2.75, 3.05) is 20.2 Å². The van der Waals surface area contributed by atoms with Crippen molar-refractivity contribution in [3.63, 3.8) is 0 Å². The van der Waals surface area contributed by atoms with Gasteiger partial charge in [0.25, 0.3) is 0 Å². The minimum Gasteiger partial charge on any atom is -0.497 e. The Kier molecular flexibility index (Phi) is 5.89. The molecule has 2 aromatic carbocycles. The van der Waals surface area contributed by atoms with E-state index in [1.165, 1.54) is 0 Å². The number of nitrogens with one attached hydrogen (secondary N) is 1. The van der Waals surface area contributed by atoms with Gasteiger partial charge in [-0.2, -0.15) is 0 Å². The Balaban J connectivity index is 1.46. The topological polar surface area (TPSA) is 58.6 Å². The van der Waals surface area contributed by atoms with E-state index in [2.05, 4.69) is 5.32 Å². The molecule has 0 saturated carbocycles. The molecular weight excluding hydrogens is 328 g/mol. The third-order valence-corrected chi connectivity index (χ3v) is 4.62. The van der Waals surface area contributed by atoms with Crippen LogP contribution in [0.2, 0.25) is 0 Å². The molecule has 0 aromatic heterocycles. The van der Waals surface area contributed by atoms with Crippen molar-refractivity contribution in [3.05, 3.63) is 65.7 Å². The minimum atomic E-state index is -0.102. The van der Waals surface area contributed by atoms with Crippen LogP contribution in [0.3, 0.4) is 0 Å². The summed E-state index contributed by atoms with van der Waals surface area (Å²) in [7, 11) is 1.64. The fourth-order valence-electron chi connectivity index (χ4n) is 3.20. The molecule has 0 bridgehead atoms. The molecule has 0 unspecified atom stereocenters. The number of carbonyl (C=O) groups excluding carboxylic acids is 2. The van der Waals surface area contributed by atoms with E-state index in [4.69, 9.17) is 4.74 Å². The molecule has 0 aliphatic carbocycles. The molecule has 26 heavy (non-hydrogen) atoms. The smallest absolute Gasteiger partial charge is 0.224 e. The molecule has 5 heteroatoms. The number of ether oxygens (including phenoxy) is 1. The van der Waals surface area contributed by atoms with Gasteiger partial charge in [0.1, 0.15) is 5.75 Å². The molecule has 1 aliphatic rings. The van der Waals surface area contributed by atoms with Crippen molar-refractivity contribution in [1.82, 2.24) is 10.2 Å². The van der Waals surface area contributed by atoms with Crippen LogP contribution in [0.25, 0.3) is 0 Å². The summed E-state index contributed by atoms with van der Waals surface area (Å²) in [6.07, 6.45) is 1.51.